The smallest absolute Gasteiger partial charge is 0.182 e. The van der Waals surface area contributed by atoms with Crippen molar-refractivity contribution in [1.29, 1.82) is 0 Å². The molecular formula is C18H25N3O3S2. The minimum absolute atomic E-state index is 0.00543. The molecule has 0 radical (unpaired) electrons. The van der Waals surface area contributed by atoms with Crippen molar-refractivity contribution in [2.45, 2.75) is 45.3 Å². The van der Waals surface area contributed by atoms with Crippen LogP contribution in [-0.4, -0.2) is 41.1 Å². The molecule has 0 amide bonds. The zero-order chi connectivity index (χ0) is 18.5. The van der Waals surface area contributed by atoms with Crippen molar-refractivity contribution in [2.75, 3.05) is 19.0 Å². The summed E-state index contributed by atoms with van der Waals surface area (Å²) in [6.45, 7) is 2.87. The number of aryl methyl sites for hydroxylation is 1. The maximum absolute atomic E-state index is 10.2. The molecule has 2 heterocycles. The number of anilines is 1. The SMILES string of the molecule is CNc1nc(-c2sc(CO)nc2C)cs1.O=CC1CC(OCC2CC2)C1. The van der Waals surface area contributed by atoms with Gasteiger partial charge in [-0.15, -0.1) is 22.7 Å². The van der Waals surface area contributed by atoms with Crippen LogP contribution in [-0.2, 0) is 16.1 Å². The Morgan fingerprint density at radius 2 is 2.15 bits per heavy atom. The highest BCUT2D eigenvalue weighted by molar-refractivity contribution is 7.16. The minimum atomic E-state index is -0.00543. The van der Waals surface area contributed by atoms with E-state index in [1.807, 2.05) is 19.4 Å². The summed E-state index contributed by atoms with van der Waals surface area (Å²) >= 11 is 3.06. The van der Waals surface area contributed by atoms with E-state index in [1.165, 1.54) is 24.2 Å². The first-order valence-corrected chi connectivity index (χ1v) is 10.6. The van der Waals surface area contributed by atoms with Gasteiger partial charge < -0.3 is 20.0 Å². The van der Waals surface area contributed by atoms with Crippen molar-refractivity contribution in [3.63, 3.8) is 0 Å². The molecule has 0 aliphatic heterocycles. The average Bonchev–Trinajstić information content (AvgIpc) is 3.18. The summed E-state index contributed by atoms with van der Waals surface area (Å²) in [6, 6.07) is 0. The second-order valence-electron chi connectivity index (χ2n) is 6.73. The Labute approximate surface area is 161 Å². The zero-order valence-electron chi connectivity index (χ0n) is 15.1. The van der Waals surface area contributed by atoms with Crippen molar-refractivity contribution >= 4 is 34.1 Å². The van der Waals surface area contributed by atoms with E-state index < -0.39 is 0 Å². The van der Waals surface area contributed by atoms with Gasteiger partial charge in [-0.05, 0) is 38.5 Å². The zero-order valence-corrected chi connectivity index (χ0v) is 16.7. The average molecular weight is 396 g/mol. The maximum Gasteiger partial charge on any atom is 0.182 e. The number of nitrogens with one attached hydrogen (secondary N) is 1. The number of carbonyl (C=O) groups excluding carboxylic acids is 1. The van der Waals surface area contributed by atoms with Crippen molar-refractivity contribution in [3.05, 3.63) is 16.1 Å². The molecule has 6 nitrogen and oxygen atoms in total. The number of aliphatic hydroxyl groups excluding tert-OH is 1. The Bertz CT molecular complexity index is 721. The van der Waals surface area contributed by atoms with Crippen LogP contribution in [0.1, 0.15) is 36.4 Å². The number of thiazole rings is 2. The van der Waals surface area contributed by atoms with Crippen LogP contribution < -0.4 is 5.32 Å². The number of hydrogen-bond acceptors (Lipinski definition) is 8. The molecule has 2 fully saturated rings. The van der Waals surface area contributed by atoms with Crippen molar-refractivity contribution in [1.82, 2.24) is 9.97 Å². The van der Waals surface area contributed by atoms with Crippen LogP contribution in [0.25, 0.3) is 10.6 Å². The normalized spacial score (nSPS) is 21.5. The molecule has 4 rings (SSSR count). The minimum Gasteiger partial charge on any atom is -0.389 e. The fourth-order valence-electron chi connectivity index (χ4n) is 2.66. The highest BCUT2D eigenvalue weighted by Gasteiger charge is 2.31. The summed E-state index contributed by atoms with van der Waals surface area (Å²) in [5, 5.41) is 15.6. The van der Waals surface area contributed by atoms with Crippen LogP contribution in [0.4, 0.5) is 5.13 Å². The molecule has 0 saturated heterocycles. The second kappa shape index (κ2) is 9.03. The molecule has 2 N–H and O–H groups in total. The number of nitrogens with zero attached hydrogens (tertiary/aromatic N) is 2. The Hall–Kier alpha value is -1.35. The number of carbonyl (C=O) groups is 1. The van der Waals surface area contributed by atoms with Gasteiger partial charge in [-0.25, -0.2) is 9.97 Å². The van der Waals surface area contributed by atoms with Gasteiger partial charge in [-0.3, -0.25) is 0 Å². The van der Waals surface area contributed by atoms with E-state index in [0.717, 1.165) is 58.1 Å². The Balaban J connectivity index is 0.000000158. The molecule has 142 valence electrons. The summed E-state index contributed by atoms with van der Waals surface area (Å²) in [5.74, 6) is 1.16. The predicted octanol–water partition coefficient (Wildman–Crippen LogP) is 3.50. The van der Waals surface area contributed by atoms with Gasteiger partial charge in [-0.2, -0.15) is 0 Å². The first-order chi connectivity index (χ1) is 12.6. The number of aliphatic hydroxyl groups is 1. The molecule has 2 aliphatic rings. The second-order valence-corrected chi connectivity index (χ2v) is 8.68. The Kier molecular flexibility index (Phi) is 6.74. The molecule has 0 unspecified atom stereocenters. The van der Waals surface area contributed by atoms with E-state index in [1.54, 1.807) is 11.3 Å². The number of rotatable bonds is 7. The first kappa shape index (κ1) is 19.4. The number of hydrogen-bond donors (Lipinski definition) is 2. The van der Waals surface area contributed by atoms with Gasteiger partial charge in [-0.1, -0.05) is 0 Å². The van der Waals surface area contributed by atoms with Crippen LogP contribution >= 0.6 is 22.7 Å². The molecule has 2 aliphatic carbocycles. The quantitative estimate of drug-likeness (QED) is 0.698. The van der Waals surface area contributed by atoms with Crippen molar-refractivity contribution in [2.24, 2.45) is 11.8 Å². The predicted molar refractivity (Wildman–Crippen MR) is 105 cm³/mol. The topological polar surface area (TPSA) is 84.3 Å². The molecule has 8 heteroatoms. The fourth-order valence-corrected chi connectivity index (χ4v) is 4.28. The lowest BCUT2D eigenvalue weighted by Crippen LogP contribution is -2.32. The summed E-state index contributed by atoms with van der Waals surface area (Å²) in [7, 11) is 1.85. The summed E-state index contributed by atoms with van der Waals surface area (Å²) in [4.78, 5) is 19.9. The van der Waals surface area contributed by atoms with Crippen LogP contribution in [0.15, 0.2) is 5.38 Å². The number of ether oxygens (including phenoxy) is 1. The van der Waals surface area contributed by atoms with Gasteiger partial charge >= 0.3 is 0 Å². The third-order valence-electron chi connectivity index (χ3n) is 4.52. The van der Waals surface area contributed by atoms with Gasteiger partial charge in [0.15, 0.2) is 5.13 Å². The monoisotopic (exact) mass is 395 g/mol. The van der Waals surface area contributed by atoms with E-state index in [-0.39, 0.29) is 6.61 Å². The van der Waals surface area contributed by atoms with Gasteiger partial charge in [0.25, 0.3) is 0 Å². The van der Waals surface area contributed by atoms with Crippen molar-refractivity contribution < 1.29 is 14.6 Å². The molecule has 0 spiro atoms. The Morgan fingerprint density at radius 3 is 2.69 bits per heavy atom. The van der Waals surface area contributed by atoms with Gasteiger partial charge in [0.05, 0.1) is 29.0 Å². The standard InChI is InChI=1S/C9H11N3OS2.C9H14O2/c1-5-8(15-7(3-13)11-5)6-4-14-9(10-2)12-6;10-5-8-3-9(4-8)11-6-7-1-2-7/h4,13H,3H2,1-2H3,(H,10,12);5,7-9H,1-4,6H2. The third kappa shape index (κ3) is 5.09. The summed E-state index contributed by atoms with van der Waals surface area (Å²) < 4.78 is 5.58. The highest BCUT2D eigenvalue weighted by Crippen LogP contribution is 2.34. The van der Waals surface area contributed by atoms with Gasteiger partial charge in [0.2, 0.25) is 0 Å². The van der Waals surface area contributed by atoms with Crippen LogP contribution in [0.3, 0.4) is 0 Å². The molecule has 0 bridgehead atoms. The molecular weight excluding hydrogens is 370 g/mol. The van der Waals surface area contributed by atoms with Crippen LogP contribution in [0.2, 0.25) is 0 Å². The molecule has 0 atom stereocenters. The van der Waals surface area contributed by atoms with Gasteiger partial charge in [0, 0.05) is 25.0 Å². The van der Waals surface area contributed by atoms with Crippen LogP contribution in [0.5, 0.6) is 0 Å². The highest BCUT2D eigenvalue weighted by atomic mass is 32.1. The van der Waals surface area contributed by atoms with Crippen LogP contribution in [0, 0.1) is 18.8 Å². The molecule has 0 aromatic carbocycles. The Morgan fingerprint density at radius 1 is 1.38 bits per heavy atom. The fraction of sp³-hybridized carbons (Fsp3) is 0.611. The first-order valence-electron chi connectivity index (χ1n) is 8.90. The lowest BCUT2D eigenvalue weighted by molar-refractivity contribution is -0.119. The number of aldehydes is 1. The summed E-state index contributed by atoms with van der Waals surface area (Å²) in [6.07, 6.45) is 6.10. The lowest BCUT2D eigenvalue weighted by atomic mass is 9.83. The molecule has 2 saturated carbocycles. The van der Waals surface area contributed by atoms with Gasteiger partial charge in [0.1, 0.15) is 11.3 Å². The molecule has 26 heavy (non-hydrogen) atoms. The number of aromatic nitrogens is 2. The van der Waals surface area contributed by atoms with E-state index in [0.29, 0.717) is 12.0 Å². The van der Waals surface area contributed by atoms with E-state index in [4.69, 9.17) is 9.84 Å². The third-order valence-corrected chi connectivity index (χ3v) is 6.54. The van der Waals surface area contributed by atoms with E-state index in [9.17, 15) is 4.79 Å². The molecule has 2 aromatic heterocycles. The summed E-state index contributed by atoms with van der Waals surface area (Å²) in [5.41, 5.74) is 1.86. The van der Waals surface area contributed by atoms with Crippen molar-refractivity contribution in [3.8, 4) is 10.6 Å². The van der Waals surface area contributed by atoms with E-state index in [2.05, 4.69) is 15.3 Å². The van der Waals surface area contributed by atoms with E-state index >= 15 is 0 Å². The maximum atomic E-state index is 10.2. The molecule has 2 aromatic rings. The largest absolute Gasteiger partial charge is 0.389 e. The lowest BCUT2D eigenvalue weighted by Gasteiger charge is -2.31.